The fourth-order valence-corrected chi connectivity index (χ4v) is 3.00. The third-order valence-electron chi connectivity index (χ3n) is 3.75. The molecule has 1 saturated heterocycles. The molecule has 102 valence electrons. The Kier molecular flexibility index (Phi) is 3.81. The summed E-state index contributed by atoms with van der Waals surface area (Å²) in [4.78, 5) is 4.71. The third kappa shape index (κ3) is 2.92. The van der Waals surface area contributed by atoms with E-state index < -0.39 is 0 Å². The molecule has 0 amide bonds. The van der Waals surface area contributed by atoms with E-state index in [1.165, 1.54) is 5.01 Å². The zero-order chi connectivity index (χ0) is 13.4. The molecule has 1 aromatic heterocycles. The smallest absolute Gasteiger partial charge is 0.0982 e. The van der Waals surface area contributed by atoms with Gasteiger partial charge in [0.2, 0.25) is 0 Å². The van der Waals surface area contributed by atoms with Gasteiger partial charge in [0.25, 0.3) is 0 Å². The van der Waals surface area contributed by atoms with E-state index in [4.69, 9.17) is 9.72 Å². The zero-order valence-corrected chi connectivity index (χ0v) is 12.9. The van der Waals surface area contributed by atoms with E-state index in [0.717, 1.165) is 25.3 Å². The molecule has 1 N–H and O–H groups in total. The molecule has 4 heteroatoms. The maximum atomic E-state index is 5.64. The molecule has 0 bridgehead atoms. The van der Waals surface area contributed by atoms with Crippen LogP contribution in [0.25, 0.3) is 0 Å². The second-order valence-electron chi connectivity index (χ2n) is 6.43. The molecule has 0 spiro atoms. The van der Waals surface area contributed by atoms with Gasteiger partial charge in [0.05, 0.1) is 16.8 Å². The first kappa shape index (κ1) is 14.0. The standard InChI is InChI=1S/C14H24N2OS/c1-10-14(5,6-7-17-10)15-8-11-9-18-12(16-11)13(2,3)4/h9-10,15H,6-8H2,1-5H3. The molecular formula is C14H24N2OS. The highest BCUT2D eigenvalue weighted by Crippen LogP contribution is 2.27. The highest BCUT2D eigenvalue weighted by Gasteiger charge is 2.36. The van der Waals surface area contributed by atoms with E-state index in [1.54, 1.807) is 11.3 Å². The fourth-order valence-electron chi connectivity index (χ4n) is 2.09. The number of rotatable bonds is 3. The number of thiazole rings is 1. The Morgan fingerprint density at radius 2 is 2.28 bits per heavy atom. The summed E-state index contributed by atoms with van der Waals surface area (Å²) in [7, 11) is 0. The zero-order valence-electron chi connectivity index (χ0n) is 12.0. The summed E-state index contributed by atoms with van der Waals surface area (Å²) < 4.78 is 5.64. The van der Waals surface area contributed by atoms with Gasteiger partial charge in [-0.15, -0.1) is 11.3 Å². The van der Waals surface area contributed by atoms with Crippen molar-refractivity contribution in [1.29, 1.82) is 0 Å². The number of aromatic nitrogens is 1. The van der Waals surface area contributed by atoms with Gasteiger partial charge in [-0.1, -0.05) is 20.8 Å². The van der Waals surface area contributed by atoms with E-state index in [2.05, 4.69) is 45.3 Å². The maximum Gasteiger partial charge on any atom is 0.0982 e. The highest BCUT2D eigenvalue weighted by molar-refractivity contribution is 7.09. The summed E-state index contributed by atoms with van der Waals surface area (Å²) in [5.41, 5.74) is 1.38. The van der Waals surface area contributed by atoms with Crippen molar-refractivity contribution < 1.29 is 4.74 Å². The molecule has 3 nitrogen and oxygen atoms in total. The molecule has 2 heterocycles. The number of hydrogen-bond acceptors (Lipinski definition) is 4. The molecule has 1 aliphatic rings. The molecule has 2 rings (SSSR count). The molecule has 1 aromatic rings. The van der Waals surface area contributed by atoms with Crippen LogP contribution in [-0.2, 0) is 16.7 Å². The van der Waals surface area contributed by atoms with Crippen LogP contribution >= 0.6 is 11.3 Å². The highest BCUT2D eigenvalue weighted by atomic mass is 32.1. The van der Waals surface area contributed by atoms with E-state index >= 15 is 0 Å². The maximum absolute atomic E-state index is 5.64. The number of ether oxygens (including phenoxy) is 1. The summed E-state index contributed by atoms with van der Waals surface area (Å²) in [5.74, 6) is 0. The summed E-state index contributed by atoms with van der Waals surface area (Å²) in [6, 6.07) is 0. The van der Waals surface area contributed by atoms with Crippen molar-refractivity contribution in [3.8, 4) is 0 Å². The van der Waals surface area contributed by atoms with Gasteiger partial charge in [-0.2, -0.15) is 0 Å². The molecule has 0 aromatic carbocycles. The Bertz CT molecular complexity index is 410. The summed E-state index contributed by atoms with van der Waals surface area (Å²) in [5, 5.41) is 6.98. The van der Waals surface area contributed by atoms with Crippen LogP contribution in [0.1, 0.15) is 51.7 Å². The van der Waals surface area contributed by atoms with Crippen molar-refractivity contribution in [3.05, 3.63) is 16.1 Å². The Balaban J connectivity index is 1.97. The minimum Gasteiger partial charge on any atom is -0.377 e. The molecule has 2 unspecified atom stereocenters. The van der Waals surface area contributed by atoms with Gasteiger partial charge in [-0.25, -0.2) is 4.98 Å². The van der Waals surface area contributed by atoms with Crippen molar-refractivity contribution in [2.75, 3.05) is 6.61 Å². The van der Waals surface area contributed by atoms with Gasteiger partial charge in [0.1, 0.15) is 0 Å². The van der Waals surface area contributed by atoms with Gasteiger partial charge in [0.15, 0.2) is 0 Å². The van der Waals surface area contributed by atoms with E-state index in [0.29, 0.717) is 0 Å². The normalized spacial score (nSPS) is 28.8. The molecule has 1 fully saturated rings. The van der Waals surface area contributed by atoms with Crippen molar-refractivity contribution in [1.82, 2.24) is 10.3 Å². The molecule has 0 saturated carbocycles. The van der Waals surface area contributed by atoms with Crippen LogP contribution in [0.2, 0.25) is 0 Å². The summed E-state index contributed by atoms with van der Waals surface area (Å²) in [6.07, 6.45) is 1.35. The number of hydrogen-bond donors (Lipinski definition) is 1. The van der Waals surface area contributed by atoms with Gasteiger partial charge in [-0.05, 0) is 20.3 Å². The summed E-state index contributed by atoms with van der Waals surface area (Å²) >= 11 is 1.76. The topological polar surface area (TPSA) is 34.1 Å². The van der Waals surface area contributed by atoms with E-state index in [9.17, 15) is 0 Å². The Morgan fingerprint density at radius 1 is 1.56 bits per heavy atom. The lowest BCUT2D eigenvalue weighted by molar-refractivity contribution is 0.0880. The van der Waals surface area contributed by atoms with Gasteiger partial charge >= 0.3 is 0 Å². The van der Waals surface area contributed by atoms with Gasteiger partial charge in [0, 0.05) is 29.5 Å². The monoisotopic (exact) mass is 268 g/mol. The van der Waals surface area contributed by atoms with Crippen LogP contribution in [0.4, 0.5) is 0 Å². The fraction of sp³-hybridized carbons (Fsp3) is 0.786. The van der Waals surface area contributed by atoms with Gasteiger partial charge in [-0.3, -0.25) is 0 Å². The lowest BCUT2D eigenvalue weighted by atomic mass is 9.94. The van der Waals surface area contributed by atoms with Gasteiger partial charge < -0.3 is 10.1 Å². The first-order valence-corrected chi connectivity index (χ1v) is 7.51. The molecule has 1 aliphatic heterocycles. The molecular weight excluding hydrogens is 244 g/mol. The van der Waals surface area contributed by atoms with Crippen LogP contribution in [0.5, 0.6) is 0 Å². The van der Waals surface area contributed by atoms with Crippen LogP contribution in [0.15, 0.2) is 5.38 Å². The van der Waals surface area contributed by atoms with Crippen molar-refractivity contribution >= 4 is 11.3 Å². The SMILES string of the molecule is CC1OCCC1(C)NCc1csc(C(C)(C)C)n1. The third-order valence-corrected chi connectivity index (χ3v) is 5.07. The molecule has 18 heavy (non-hydrogen) atoms. The van der Waals surface area contributed by atoms with E-state index in [1.807, 2.05) is 0 Å². The lowest BCUT2D eigenvalue weighted by Crippen LogP contribution is -2.47. The van der Waals surface area contributed by atoms with Crippen molar-refractivity contribution in [2.24, 2.45) is 0 Å². The number of nitrogens with zero attached hydrogens (tertiary/aromatic N) is 1. The largest absolute Gasteiger partial charge is 0.377 e. The predicted octanol–water partition coefficient (Wildman–Crippen LogP) is 3.10. The first-order valence-electron chi connectivity index (χ1n) is 6.63. The van der Waals surface area contributed by atoms with Crippen molar-refractivity contribution in [3.63, 3.8) is 0 Å². The Hall–Kier alpha value is -0.450. The molecule has 2 atom stereocenters. The van der Waals surface area contributed by atoms with Crippen molar-refractivity contribution in [2.45, 2.75) is 64.6 Å². The second kappa shape index (κ2) is 4.91. The van der Waals surface area contributed by atoms with Crippen LogP contribution in [-0.4, -0.2) is 23.2 Å². The molecule has 0 radical (unpaired) electrons. The minimum absolute atomic E-state index is 0.0888. The van der Waals surface area contributed by atoms with Crippen LogP contribution in [0, 0.1) is 0 Å². The average molecular weight is 268 g/mol. The Labute approximate surface area is 114 Å². The van der Waals surface area contributed by atoms with E-state index in [-0.39, 0.29) is 17.1 Å². The average Bonchev–Trinajstić information content (AvgIpc) is 2.84. The first-order chi connectivity index (χ1) is 8.31. The second-order valence-corrected chi connectivity index (χ2v) is 7.29. The number of nitrogens with one attached hydrogen (secondary N) is 1. The lowest BCUT2D eigenvalue weighted by Gasteiger charge is -2.28. The Morgan fingerprint density at radius 3 is 2.78 bits per heavy atom. The predicted molar refractivity (Wildman–Crippen MR) is 76.1 cm³/mol. The quantitative estimate of drug-likeness (QED) is 0.914. The van der Waals surface area contributed by atoms with Crippen LogP contribution in [0.3, 0.4) is 0 Å². The minimum atomic E-state index is 0.0888. The summed E-state index contributed by atoms with van der Waals surface area (Å²) in [6.45, 7) is 12.7. The molecule has 0 aliphatic carbocycles. The van der Waals surface area contributed by atoms with Crippen LogP contribution < -0.4 is 5.32 Å².